The summed E-state index contributed by atoms with van der Waals surface area (Å²) < 4.78 is 5.06. The number of hydrogen-bond donors (Lipinski definition) is 0. The lowest BCUT2D eigenvalue weighted by Gasteiger charge is -2.34. The average molecular weight is 265 g/mol. The highest BCUT2D eigenvalue weighted by Crippen LogP contribution is 2.40. The highest BCUT2D eigenvalue weighted by molar-refractivity contribution is 6.30. The van der Waals surface area contributed by atoms with E-state index in [1.54, 1.807) is 0 Å². The monoisotopic (exact) mass is 264 g/mol. The van der Waals surface area contributed by atoms with E-state index in [-0.39, 0.29) is 5.97 Å². The summed E-state index contributed by atoms with van der Waals surface area (Å²) in [5.41, 5.74) is 0.482. The Labute approximate surface area is 113 Å². The standard InChI is InChI=1S/C15H17ClO2/c1-2-18-14(17)15(10-4-3-5-11-15)12-6-8-13(16)9-7-12/h2,6-9H,1,3-5,10-11H2. The molecule has 1 saturated carbocycles. The minimum Gasteiger partial charge on any atom is -0.434 e. The predicted octanol–water partition coefficient (Wildman–Crippen LogP) is 4.23. The molecule has 0 amide bonds. The molecule has 1 aromatic carbocycles. The van der Waals surface area contributed by atoms with Gasteiger partial charge in [-0.25, -0.2) is 0 Å². The molecule has 18 heavy (non-hydrogen) atoms. The molecule has 1 aromatic rings. The van der Waals surface area contributed by atoms with Crippen molar-refractivity contribution >= 4 is 17.6 Å². The number of halogens is 1. The van der Waals surface area contributed by atoms with Gasteiger partial charge in [-0.2, -0.15) is 0 Å². The predicted molar refractivity (Wildman–Crippen MR) is 72.5 cm³/mol. The number of benzene rings is 1. The molecule has 0 bridgehead atoms. The fourth-order valence-electron chi connectivity index (χ4n) is 2.72. The first-order valence-corrected chi connectivity index (χ1v) is 6.65. The van der Waals surface area contributed by atoms with Crippen molar-refractivity contribution < 1.29 is 9.53 Å². The van der Waals surface area contributed by atoms with E-state index in [2.05, 4.69) is 6.58 Å². The summed E-state index contributed by atoms with van der Waals surface area (Å²) in [6.07, 6.45) is 6.16. The Balaban J connectivity index is 2.37. The van der Waals surface area contributed by atoms with Crippen LogP contribution in [0.3, 0.4) is 0 Å². The van der Waals surface area contributed by atoms with E-state index in [1.807, 2.05) is 24.3 Å². The first-order chi connectivity index (χ1) is 8.69. The number of hydrogen-bond acceptors (Lipinski definition) is 2. The maximum Gasteiger partial charge on any atom is 0.321 e. The Hall–Kier alpha value is -1.28. The van der Waals surface area contributed by atoms with E-state index < -0.39 is 5.41 Å². The van der Waals surface area contributed by atoms with Gasteiger partial charge in [-0.05, 0) is 30.5 Å². The van der Waals surface area contributed by atoms with Crippen LogP contribution in [0.25, 0.3) is 0 Å². The van der Waals surface area contributed by atoms with Gasteiger partial charge in [0.2, 0.25) is 0 Å². The molecule has 0 heterocycles. The number of ether oxygens (including phenoxy) is 1. The lowest BCUT2D eigenvalue weighted by molar-refractivity contribution is -0.146. The van der Waals surface area contributed by atoms with Crippen molar-refractivity contribution in [1.82, 2.24) is 0 Å². The van der Waals surface area contributed by atoms with Crippen molar-refractivity contribution in [3.05, 3.63) is 47.7 Å². The van der Waals surface area contributed by atoms with E-state index in [1.165, 1.54) is 12.7 Å². The zero-order valence-corrected chi connectivity index (χ0v) is 11.1. The Bertz CT molecular complexity index is 430. The van der Waals surface area contributed by atoms with Crippen LogP contribution >= 0.6 is 11.6 Å². The fraction of sp³-hybridized carbons (Fsp3) is 0.400. The van der Waals surface area contributed by atoms with Crippen molar-refractivity contribution in [2.75, 3.05) is 0 Å². The summed E-state index contributed by atoms with van der Waals surface area (Å²) >= 11 is 5.90. The third-order valence-corrected chi connectivity index (χ3v) is 3.94. The van der Waals surface area contributed by atoms with Gasteiger partial charge >= 0.3 is 5.97 Å². The quantitative estimate of drug-likeness (QED) is 0.603. The highest BCUT2D eigenvalue weighted by atomic mass is 35.5. The van der Waals surface area contributed by atoms with Crippen molar-refractivity contribution in [2.24, 2.45) is 0 Å². The molecule has 1 fully saturated rings. The lowest BCUT2D eigenvalue weighted by Crippen LogP contribution is -2.38. The molecule has 0 N–H and O–H groups in total. The molecule has 3 heteroatoms. The number of rotatable bonds is 3. The Morgan fingerprint density at radius 1 is 1.22 bits per heavy atom. The van der Waals surface area contributed by atoms with Crippen LogP contribution in [0.4, 0.5) is 0 Å². The van der Waals surface area contributed by atoms with Gasteiger partial charge in [0, 0.05) is 5.02 Å². The summed E-state index contributed by atoms with van der Waals surface area (Å²) in [5, 5.41) is 0.682. The van der Waals surface area contributed by atoms with Gasteiger partial charge in [0.05, 0.1) is 11.7 Å². The molecule has 0 aliphatic heterocycles. The van der Waals surface area contributed by atoms with Crippen LogP contribution in [-0.2, 0) is 14.9 Å². The second kappa shape index (κ2) is 5.57. The van der Waals surface area contributed by atoms with Crippen molar-refractivity contribution in [1.29, 1.82) is 0 Å². The van der Waals surface area contributed by atoms with Crippen LogP contribution < -0.4 is 0 Å². The highest BCUT2D eigenvalue weighted by Gasteiger charge is 2.42. The number of carbonyl (C=O) groups excluding carboxylic acids is 1. The molecule has 0 spiro atoms. The summed E-state index contributed by atoms with van der Waals surface area (Å²) in [7, 11) is 0. The molecule has 1 aliphatic rings. The molecular weight excluding hydrogens is 248 g/mol. The largest absolute Gasteiger partial charge is 0.434 e. The summed E-state index contributed by atoms with van der Waals surface area (Å²) in [4.78, 5) is 12.3. The molecule has 0 atom stereocenters. The first-order valence-electron chi connectivity index (χ1n) is 6.27. The molecule has 0 aromatic heterocycles. The molecule has 0 saturated heterocycles. The second-order valence-electron chi connectivity index (χ2n) is 4.72. The van der Waals surface area contributed by atoms with Crippen molar-refractivity contribution in [2.45, 2.75) is 37.5 Å². The van der Waals surface area contributed by atoms with Gasteiger partial charge in [0.15, 0.2) is 0 Å². The van der Waals surface area contributed by atoms with Crippen LogP contribution in [-0.4, -0.2) is 5.97 Å². The van der Waals surface area contributed by atoms with E-state index in [9.17, 15) is 4.79 Å². The average Bonchev–Trinajstić information content (AvgIpc) is 2.40. The minimum atomic E-state index is -0.517. The summed E-state index contributed by atoms with van der Waals surface area (Å²) in [5.74, 6) is -0.195. The minimum absolute atomic E-state index is 0.195. The third-order valence-electron chi connectivity index (χ3n) is 3.69. The molecule has 0 radical (unpaired) electrons. The van der Waals surface area contributed by atoms with E-state index in [0.29, 0.717) is 5.02 Å². The van der Waals surface area contributed by atoms with Gasteiger partial charge in [-0.15, -0.1) is 0 Å². The number of carbonyl (C=O) groups is 1. The van der Waals surface area contributed by atoms with E-state index in [4.69, 9.17) is 16.3 Å². The van der Waals surface area contributed by atoms with Gasteiger partial charge in [-0.3, -0.25) is 4.79 Å². The molecule has 96 valence electrons. The van der Waals surface area contributed by atoms with Crippen LogP contribution in [0.2, 0.25) is 5.02 Å². The maximum atomic E-state index is 12.3. The van der Waals surface area contributed by atoms with Crippen LogP contribution in [0, 0.1) is 0 Å². The lowest BCUT2D eigenvalue weighted by atomic mass is 9.69. The van der Waals surface area contributed by atoms with Crippen LogP contribution in [0.15, 0.2) is 37.1 Å². The summed E-state index contributed by atoms with van der Waals surface area (Å²) in [6.45, 7) is 3.47. The molecule has 1 aliphatic carbocycles. The van der Waals surface area contributed by atoms with Gasteiger partial charge in [0.25, 0.3) is 0 Å². The normalized spacial score (nSPS) is 18.1. The van der Waals surface area contributed by atoms with Gasteiger partial charge in [-0.1, -0.05) is 49.6 Å². The van der Waals surface area contributed by atoms with Gasteiger partial charge in [0.1, 0.15) is 0 Å². The Morgan fingerprint density at radius 2 is 1.83 bits per heavy atom. The van der Waals surface area contributed by atoms with E-state index >= 15 is 0 Å². The fourth-order valence-corrected chi connectivity index (χ4v) is 2.85. The van der Waals surface area contributed by atoms with Crippen molar-refractivity contribution in [3.8, 4) is 0 Å². The SMILES string of the molecule is C=COC(=O)C1(c2ccc(Cl)cc2)CCCCC1. The second-order valence-corrected chi connectivity index (χ2v) is 5.16. The smallest absolute Gasteiger partial charge is 0.321 e. The van der Waals surface area contributed by atoms with Crippen LogP contribution in [0.5, 0.6) is 0 Å². The zero-order valence-electron chi connectivity index (χ0n) is 10.3. The number of esters is 1. The third kappa shape index (κ3) is 2.44. The topological polar surface area (TPSA) is 26.3 Å². The summed E-state index contributed by atoms with van der Waals surface area (Å²) in [6, 6.07) is 7.51. The molecular formula is C15H17ClO2. The van der Waals surface area contributed by atoms with Gasteiger partial charge < -0.3 is 4.74 Å². The maximum absolute atomic E-state index is 12.3. The Kier molecular flexibility index (Phi) is 4.07. The molecule has 0 unspecified atom stereocenters. The molecule has 2 nitrogen and oxygen atoms in total. The first kappa shape index (κ1) is 13.2. The van der Waals surface area contributed by atoms with Crippen molar-refractivity contribution in [3.63, 3.8) is 0 Å². The zero-order chi connectivity index (χ0) is 13.0. The Morgan fingerprint density at radius 3 is 2.39 bits per heavy atom. The van der Waals surface area contributed by atoms with E-state index in [0.717, 1.165) is 31.2 Å². The molecule has 2 rings (SSSR count). The van der Waals surface area contributed by atoms with Crippen LogP contribution in [0.1, 0.15) is 37.7 Å².